The molecule has 2 heterocycles. The molecule has 7 nitrogen and oxygen atoms in total. The van der Waals surface area contributed by atoms with Crippen molar-refractivity contribution in [2.24, 2.45) is 5.92 Å². The summed E-state index contributed by atoms with van der Waals surface area (Å²) in [5, 5.41) is 9.43. The van der Waals surface area contributed by atoms with E-state index in [1.807, 2.05) is 35.2 Å². The lowest BCUT2D eigenvalue weighted by Crippen LogP contribution is -2.57. The summed E-state index contributed by atoms with van der Waals surface area (Å²) in [6.45, 7) is 4.35. The molecule has 2 fully saturated rings. The molecule has 2 aliphatic rings. The summed E-state index contributed by atoms with van der Waals surface area (Å²) < 4.78 is 0. The van der Waals surface area contributed by atoms with Gasteiger partial charge in [0.2, 0.25) is 11.8 Å². The van der Waals surface area contributed by atoms with Crippen molar-refractivity contribution < 1.29 is 19.5 Å². The number of hydrogen-bond acceptors (Lipinski definition) is 4. The average Bonchev–Trinajstić information content (AvgIpc) is 2.81. The third kappa shape index (κ3) is 4.22. The summed E-state index contributed by atoms with van der Waals surface area (Å²) in [4.78, 5) is 41.6. The van der Waals surface area contributed by atoms with E-state index in [1.54, 1.807) is 4.90 Å². The first-order chi connectivity index (χ1) is 12.4. The molecule has 2 amide bonds. The number of fused-ring (bicyclic) bond motifs is 1. The summed E-state index contributed by atoms with van der Waals surface area (Å²) in [6.07, 6.45) is 0.363. The summed E-state index contributed by atoms with van der Waals surface area (Å²) >= 11 is 0. The highest BCUT2D eigenvalue weighted by molar-refractivity contribution is 5.79. The van der Waals surface area contributed by atoms with Gasteiger partial charge >= 0.3 is 5.97 Å². The largest absolute Gasteiger partial charge is 0.481 e. The molecule has 0 unspecified atom stereocenters. The number of benzene rings is 1. The summed E-state index contributed by atoms with van der Waals surface area (Å²) in [5.41, 5.74) is 0.983. The monoisotopic (exact) mass is 359 g/mol. The van der Waals surface area contributed by atoms with Gasteiger partial charge in [0, 0.05) is 52.2 Å². The van der Waals surface area contributed by atoms with Gasteiger partial charge in [0.25, 0.3) is 0 Å². The number of rotatable bonds is 3. The number of nitrogens with zero attached hydrogens (tertiary/aromatic N) is 3. The SMILES string of the molecule is CC(=O)N1C[C@@H](C(=O)O)CN2CCN(C(=O)Cc3ccccc3)C[C@@H]2C1. The molecule has 0 spiro atoms. The molecular formula is C19H25N3O4. The van der Waals surface area contributed by atoms with E-state index in [2.05, 4.69) is 4.90 Å². The first-order valence-electron chi connectivity index (χ1n) is 8.98. The number of carbonyl (C=O) groups excluding carboxylic acids is 2. The van der Waals surface area contributed by atoms with E-state index >= 15 is 0 Å². The second-order valence-corrected chi connectivity index (χ2v) is 7.11. The van der Waals surface area contributed by atoms with Crippen molar-refractivity contribution in [3.63, 3.8) is 0 Å². The fourth-order valence-electron chi connectivity index (χ4n) is 3.76. The standard InChI is InChI=1S/C19H25N3O4/c1-14(23)22-11-16(19(25)26)10-20-7-8-21(12-17(20)13-22)18(24)9-15-5-3-2-4-6-15/h2-6,16-17H,7-13H2,1H3,(H,25,26)/t16-,17+/m0/s1. The van der Waals surface area contributed by atoms with E-state index in [1.165, 1.54) is 6.92 Å². The zero-order valence-corrected chi connectivity index (χ0v) is 15.0. The maximum Gasteiger partial charge on any atom is 0.309 e. The highest BCUT2D eigenvalue weighted by Gasteiger charge is 2.37. The van der Waals surface area contributed by atoms with Gasteiger partial charge in [-0.1, -0.05) is 30.3 Å². The normalized spacial score (nSPS) is 23.9. The Kier molecular flexibility index (Phi) is 5.56. The molecule has 3 rings (SSSR count). The zero-order valence-electron chi connectivity index (χ0n) is 15.0. The molecule has 0 aliphatic carbocycles. The van der Waals surface area contributed by atoms with Crippen LogP contribution in [0.1, 0.15) is 12.5 Å². The second-order valence-electron chi connectivity index (χ2n) is 7.11. The molecule has 0 bridgehead atoms. The highest BCUT2D eigenvalue weighted by Crippen LogP contribution is 2.20. The maximum atomic E-state index is 12.6. The summed E-state index contributed by atoms with van der Waals surface area (Å²) in [6, 6.07) is 9.62. The van der Waals surface area contributed by atoms with Crippen LogP contribution in [0.2, 0.25) is 0 Å². The van der Waals surface area contributed by atoms with Crippen LogP contribution in [0, 0.1) is 5.92 Å². The Hall–Kier alpha value is -2.41. The van der Waals surface area contributed by atoms with Crippen molar-refractivity contribution in [3.8, 4) is 0 Å². The van der Waals surface area contributed by atoms with E-state index in [-0.39, 0.29) is 24.4 Å². The molecule has 2 atom stereocenters. The van der Waals surface area contributed by atoms with Crippen molar-refractivity contribution in [3.05, 3.63) is 35.9 Å². The van der Waals surface area contributed by atoms with Crippen molar-refractivity contribution in [1.29, 1.82) is 0 Å². The first-order valence-corrected chi connectivity index (χ1v) is 8.98. The Morgan fingerprint density at radius 2 is 1.69 bits per heavy atom. The quantitative estimate of drug-likeness (QED) is 0.840. The minimum Gasteiger partial charge on any atom is -0.481 e. The number of carboxylic acids is 1. The number of carboxylic acid groups (broad SMARTS) is 1. The van der Waals surface area contributed by atoms with E-state index in [9.17, 15) is 19.5 Å². The highest BCUT2D eigenvalue weighted by atomic mass is 16.4. The molecule has 140 valence electrons. The predicted octanol–water partition coefficient (Wildman–Crippen LogP) is 0.305. The molecule has 0 saturated carbocycles. The number of amides is 2. The lowest BCUT2D eigenvalue weighted by Gasteiger charge is -2.41. The van der Waals surface area contributed by atoms with Gasteiger partial charge < -0.3 is 14.9 Å². The molecule has 1 aromatic rings. The molecule has 1 aromatic carbocycles. The van der Waals surface area contributed by atoms with Gasteiger partial charge in [0.1, 0.15) is 0 Å². The van der Waals surface area contributed by atoms with Crippen LogP contribution in [0.25, 0.3) is 0 Å². The van der Waals surface area contributed by atoms with E-state index in [4.69, 9.17) is 0 Å². The van der Waals surface area contributed by atoms with Gasteiger partial charge in [-0.05, 0) is 5.56 Å². The number of carbonyl (C=O) groups is 3. The Morgan fingerprint density at radius 3 is 2.35 bits per heavy atom. The van der Waals surface area contributed by atoms with Crippen molar-refractivity contribution in [2.45, 2.75) is 19.4 Å². The maximum absolute atomic E-state index is 12.6. The third-order valence-corrected chi connectivity index (χ3v) is 5.28. The molecule has 2 aliphatic heterocycles. The van der Waals surface area contributed by atoms with Crippen molar-refractivity contribution in [2.75, 3.05) is 39.3 Å². The Morgan fingerprint density at radius 1 is 1.00 bits per heavy atom. The van der Waals surface area contributed by atoms with Crippen LogP contribution in [0.15, 0.2) is 30.3 Å². The van der Waals surface area contributed by atoms with E-state index < -0.39 is 11.9 Å². The molecule has 0 aromatic heterocycles. The van der Waals surface area contributed by atoms with Gasteiger partial charge in [0.05, 0.1) is 12.3 Å². The van der Waals surface area contributed by atoms with E-state index in [0.29, 0.717) is 39.1 Å². The van der Waals surface area contributed by atoms with Crippen LogP contribution in [-0.2, 0) is 20.8 Å². The van der Waals surface area contributed by atoms with E-state index in [0.717, 1.165) is 5.56 Å². The predicted molar refractivity (Wildman–Crippen MR) is 95.5 cm³/mol. The summed E-state index contributed by atoms with van der Waals surface area (Å²) in [5.74, 6) is -1.51. The van der Waals surface area contributed by atoms with Crippen LogP contribution in [0.5, 0.6) is 0 Å². The minimum absolute atomic E-state index is 0.0169. The van der Waals surface area contributed by atoms with Crippen molar-refractivity contribution in [1.82, 2.24) is 14.7 Å². The Bertz CT molecular complexity index is 679. The smallest absolute Gasteiger partial charge is 0.309 e. The van der Waals surface area contributed by atoms with Crippen LogP contribution >= 0.6 is 0 Å². The van der Waals surface area contributed by atoms with Gasteiger partial charge in [-0.2, -0.15) is 0 Å². The molecule has 26 heavy (non-hydrogen) atoms. The molecule has 0 radical (unpaired) electrons. The second kappa shape index (κ2) is 7.86. The average molecular weight is 359 g/mol. The third-order valence-electron chi connectivity index (χ3n) is 5.28. The van der Waals surface area contributed by atoms with Gasteiger partial charge in [-0.3, -0.25) is 19.3 Å². The lowest BCUT2D eigenvalue weighted by molar-refractivity contribution is -0.143. The fourth-order valence-corrected chi connectivity index (χ4v) is 3.76. The van der Waals surface area contributed by atoms with Gasteiger partial charge in [-0.25, -0.2) is 0 Å². The van der Waals surface area contributed by atoms with Crippen LogP contribution in [0.4, 0.5) is 0 Å². The van der Waals surface area contributed by atoms with Crippen LogP contribution < -0.4 is 0 Å². The first kappa shape index (κ1) is 18.4. The zero-order chi connectivity index (χ0) is 18.7. The van der Waals surface area contributed by atoms with Gasteiger partial charge in [-0.15, -0.1) is 0 Å². The minimum atomic E-state index is -0.875. The molecule has 1 N–H and O–H groups in total. The molecule has 2 saturated heterocycles. The van der Waals surface area contributed by atoms with Crippen molar-refractivity contribution >= 4 is 17.8 Å². The number of aliphatic carboxylic acids is 1. The number of hydrogen-bond donors (Lipinski definition) is 1. The molecular weight excluding hydrogens is 334 g/mol. The number of piperazine rings is 1. The molecule has 7 heteroatoms. The topological polar surface area (TPSA) is 81.2 Å². The summed E-state index contributed by atoms with van der Waals surface area (Å²) in [7, 11) is 0. The van der Waals surface area contributed by atoms with Gasteiger partial charge in [0.15, 0.2) is 0 Å². The van der Waals surface area contributed by atoms with Crippen LogP contribution in [0.3, 0.4) is 0 Å². The Labute approximate surface area is 153 Å². The lowest BCUT2D eigenvalue weighted by atomic mass is 10.1. The van der Waals surface area contributed by atoms with Crippen LogP contribution in [-0.4, -0.2) is 82.9 Å². The Balaban J connectivity index is 1.68. The fraction of sp³-hybridized carbons (Fsp3) is 0.526.